The molecule has 1 saturated carbocycles. The van der Waals surface area contributed by atoms with Gasteiger partial charge in [0.2, 0.25) is 0 Å². The molecule has 1 fully saturated rings. The summed E-state index contributed by atoms with van der Waals surface area (Å²) in [5.74, 6) is 2.90. The van der Waals surface area contributed by atoms with Crippen LogP contribution in [0.5, 0.6) is 0 Å². The Labute approximate surface area is 96.8 Å². The summed E-state index contributed by atoms with van der Waals surface area (Å²) in [6.45, 7) is 12.2. The second kappa shape index (κ2) is 5.37. The number of rotatable bonds is 6. The van der Waals surface area contributed by atoms with Gasteiger partial charge in [-0.05, 0) is 36.0 Å². The summed E-state index contributed by atoms with van der Waals surface area (Å²) in [5.41, 5.74) is 0.671. The van der Waals surface area contributed by atoms with Crippen LogP contribution in [0.2, 0.25) is 0 Å². The Bertz CT molecular complexity index is 184. The Balaban J connectivity index is 2.53. The van der Waals surface area contributed by atoms with Crippen molar-refractivity contribution in [1.82, 2.24) is 0 Å². The third-order valence-corrected chi connectivity index (χ3v) is 5.12. The van der Waals surface area contributed by atoms with Gasteiger partial charge in [-0.1, -0.05) is 60.3 Å². The molecule has 0 saturated heterocycles. The van der Waals surface area contributed by atoms with E-state index in [2.05, 4.69) is 34.6 Å². The molecule has 0 spiro atoms. The third-order valence-electron chi connectivity index (χ3n) is 5.12. The van der Waals surface area contributed by atoms with Crippen LogP contribution in [-0.4, -0.2) is 0 Å². The van der Waals surface area contributed by atoms with E-state index in [1.165, 1.54) is 38.5 Å². The quantitative estimate of drug-likeness (QED) is 0.560. The van der Waals surface area contributed by atoms with Gasteiger partial charge in [0.05, 0.1) is 0 Å². The predicted octanol–water partition coefficient (Wildman–Crippen LogP) is 5.28. The first-order valence-corrected chi connectivity index (χ1v) is 7.06. The first-order valence-electron chi connectivity index (χ1n) is 7.06. The van der Waals surface area contributed by atoms with Crippen LogP contribution in [0.15, 0.2) is 0 Å². The van der Waals surface area contributed by atoms with Crippen molar-refractivity contribution in [2.75, 3.05) is 0 Å². The molecule has 90 valence electrons. The Morgan fingerprint density at radius 1 is 1.13 bits per heavy atom. The van der Waals surface area contributed by atoms with Crippen molar-refractivity contribution in [2.24, 2.45) is 23.2 Å². The van der Waals surface area contributed by atoms with Gasteiger partial charge in [0.25, 0.3) is 0 Å². The van der Waals surface area contributed by atoms with E-state index in [-0.39, 0.29) is 0 Å². The van der Waals surface area contributed by atoms with Gasteiger partial charge in [-0.25, -0.2) is 0 Å². The summed E-state index contributed by atoms with van der Waals surface area (Å²) in [6, 6.07) is 0. The van der Waals surface area contributed by atoms with Crippen molar-refractivity contribution >= 4 is 0 Å². The second-order valence-electron chi connectivity index (χ2n) is 6.11. The zero-order chi connectivity index (χ0) is 11.5. The molecule has 0 amide bonds. The number of hydrogen-bond acceptors (Lipinski definition) is 0. The van der Waals surface area contributed by atoms with Crippen molar-refractivity contribution in [3.63, 3.8) is 0 Å². The van der Waals surface area contributed by atoms with E-state index in [1.54, 1.807) is 0 Å². The van der Waals surface area contributed by atoms with Crippen LogP contribution in [0.25, 0.3) is 0 Å². The first-order chi connectivity index (χ1) is 7.06. The van der Waals surface area contributed by atoms with Gasteiger partial charge >= 0.3 is 0 Å². The predicted molar refractivity (Wildman–Crippen MR) is 69.0 cm³/mol. The third kappa shape index (κ3) is 2.57. The zero-order valence-electron chi connectivity index (χ0n) is 11.5. The van der Waals surface area contributed by atoms with Crippen LogP contribution in [-0.2, 0) is 0 Å². The minimum absolute atomic E-state index is 0.671. The lowest BCUT2D eigenvalue weighted by molar-refractivity contribution is -0.0450. The molecule has 4 atom stereocenters. The fourth-order valence-corrected chi connectivity index (χ4v) is 3.73. The second-order valence-corrected chi connectivity index (χ2v) is 6.11. The van der Waals surface area contributed by atoms with Crippen LogP contribution in [0.1, 0.15) is 73.1 Å². The molecule has 1 aliphatic carbocycles. The Kier molecular flexibility index (Phi) is 4.67. The molecule has 0 aromatic rings. The van der Waals surface area contributed by atoms with Gasteiger partial charge in [-0.2, -0.15) is 0 Å². The molecule has 0 radical (unpaired) electrons. The topological polar surface area (TPSA) is 0 Å². The van der Waals surface area contributed by atoms with Gasteiger partial charge in [0, 0.05) is 0 Å². The number of hydrogen-bond donors (Lipinski definition) is 0. The van der Waals surface area contributed by atoms with Crippen LogP contribution in [0.3, 0.4) is 0 Å². The van der Waals surface area contributed by atoms with E-state index in [1.807, 2.05) is 0 Å². The molecule has 0 aliphatic heterocycles. The zero-order valence-corrected chi connectivity index (χ0v) is 11.5. The average Bonchev–Trinajstić information content (AvgIpc) is 2.15. The lowest BCUT2D eigenvalue weighted by Gasteiger charge is -2.54. The van der Waals surface area contributed by atoms with E-state index in [0.717, 1.165) is 17.8 Å². The molecule has 0 aromatic carbocycles. The molecule has 15 heavy (non-hydrogen) atoms. The van der Waals surface area contributed by atoms with E-state index >= 15 is 0 Å². The summed E-state index contributed by atoms with van der Waals surface area (Å²) in [4.78, 5) is 0. The maximum Gasteiger partial charge on any atom is -0.0269 e. The lowest BCUT2D eigenvalue weighted by atomic mass is 9.51. The largest absolute Gasteiger partial charge is 0.0654 e. The van der Waals surface area contributed by atoms with Gasteiger partial charge in [-0.15, -0.1) is 0 Å². The monoisotopic (exact) mass is 210 g/mol. The van der Waals surface area contributed by atoms with Crippen molar-refractivity contribution in [1.29, 1.82) is 0 Å². The normalized spacial score (nSPS) is 34.6. The summed E-state index contributed by atoms with van der Waals surface area (Å²) < 4.78 is 0. The standard InChI is InChI=1S/C15H30/c1-6-8-12(3)14-10-11-15(14,5)13(4)9-7-2/h12-14H,6-11H2,1-5H3. The average molecular weight is 210 g/mol. The van der Waals surface area contributed by atoms with E-state index < -0.39 is 0 Å². The maximum atomic E-state index is 2.55. The highest BCUT2D eigenvalue weighted by Crippen LogP contribution is 2.56. The van der Waals surface area contributed by atoms with Crippen LogP contribution in [0.4, 0.5) is 0 Å². The molecule has 1 aliphatic rings. The smallest absolute Gasteiger partial charge is 0.0269 e. The molecule has 0 aromatic heterocycles. The molecule has 0 nitrogen and oxygen atoms in total. The van der Waals surface area contributed by atoms with Crippen molar-refractivity contribution in [2.45, 2.75) is 73.1 Å². The summed E-state index contributed by atoms with van der Waals surface area (Å²) in [5, 5.41) is 0. The Morgan fingerprint density at radius 3 is 2.13 bits per heavy atom. The highest BCUT2D eigenvalue weighted by atomic mass is 14.5. The first kappa shape index (κ1) is 13.1. The Morgan fingerprint density at radius 2 is 1.73 bits per heavy atom. The van der Waals surface area contributed by atoms with Crippen LogP contribution < -0.4 is 0 Å². The van der Waals surface area contributed by atoms with E-state index in [9.17, 15) is 0 Å². The van der Waals surface area contributed by atoms with E-state index in [0.29, 0.717) is 5.41 Å². The van der Waals surface area contributed by atoms with Gasteiger partial charge < -0.3 is 0 Å². The summed E-state index contributed by atoms with van der Waals surface area (Å²) in [7, 11) is 0. The van der Waals surface area contributed by atoms with Gasteiger partial charge in [0.1, 0.15) is 0 Å². The van der Waals surface area contributed by atoms with Gasteiger partial charge in [0.15, 0.2) is 0 Å². The molecule has 1 rings (SSSR count). The summed E-state index contributed by atoms with van der Waals surface area (Å²) in [6.07, 6.45) is 8.53. The van der Waals surface area contributed by atoms with Crippen molar-refractivity contribution in [3.8, 4) is 0 Å². The van der Waals surface area contributed by atoms with Crippen LogP contribution >= 0.6 is 0 Å². The molecule has 0 N–H and O–H groups in total. The van der Waals surface area contributed by atoms with E-state index in [4.69, 9.17) is 0 Å². The lowest BCUT2D eigenvalue weighted by Crippen LogP contribution is -2.45. The van der Waals surface area contributed by atoms with Gasteiger partial charge in [-0.3, -0.25) is 0 Å². The SMILES string of the molecule is CCCC(C)C1CCC1(C)C(C)CCC. The fourth-order valence-electron chi connectivity index (χ4n) is 3.73. The summed E-state index contributed by atoms with van der Waals surface area (Å²) >= 11 is 0. The molecule has 0 heterocycles. The molecule has 0 heteroatoms. The molecule has 4 unspecified atom stereocenters. The highest BCUT2D eigenvalue weighted by Gasteiger charge is 2.47. The highest BCUT2D eigenvalue weighted by molar-refractivity contribution is 4.97. The van der Waals surface area contributed by atoms with Crippen molar-refractivity contribution in [3.05, 3.63) is 0 Å². The molecular formula is C15H30. The fraction of sp³-hybridized carbons (Fsp3) is 1.00. The molecular weight excluding hydrogens is 180 g/mol. The Hall–Kier alpha value is 0. The maximum absolute atomic E-state index is 2.55. The van der Waals surface area contributed by atoms with Crippen LogP contribution in [0, 0.1) is 23.2 Å². The minimum Gasteiger partial charge on any atom is -0.0654 e. The molecule has 0 bridgehead atoms. The minimum atomic E-state index is 0.671. The van der Waals surface area contributed by atoms with Crippen molar-refractivity contribution < 1.29 is 0 Å².